The maximum absolute atomic E-state index is 5.23. The van der Waals surface area contributed by atoms with E-state index in [0.29, 0.717) is 6.04 Å². The van der Waals surface area contributed by atoms with Gasteiger partial charge in [0.1, 0.15) is 5.75 Å². The summed E-state index contributed by atoms with van der Waals surface area (Å²) in [4.78, 5) is 0. The van der Waals surface area contributed by atoms with Gasteiger partial charge in [0, 0.05) is 6.04 Å². The van der Waals surface area contributed by atoms with Crippen molar-refractivity contribution in [2.45, 2.75) is 24.8 Å². The molecule has 0 spiro atoms. The maximum atomic E-state index is 5.23. The summed E-state index contributed by atoms with van der Waals surface area (Å²) in [6.45, 7) is 1.15. The summed E-state index contributed by atoms with van der Waals surface area (Å²) in [5.74, 6) is 1.69. The van der Waals surface area contributed by atoms with Crippen molar-refractivity contribution in [1.29, 1.82) is 0 Å². The van der Waals surface area contributed by atoms with E-state index in [1.54, 1.807) is 12.7 Å². The van der Waals surface area contributed by atoms with Crippen LogP contribution in [-0.4, -0.2) is 13.7 Å². The average Bonchev–Trinajstić information content (AvgIpc) is 2.78. The molecule has 2 aromatic rings. The highest BCUT2D eigenvalue weighted by atomic mass is 16.5. The van der Waals surface area contributed by atoms with Crippen LogP contribution in [0, 0.1) is 0 Å². The molecule has 2 bridgehead atoms. The van der Waals surface area contributed by atoms with E-state index in [0.717, 1.165) is 18.2 Å². The number of hydrogen-bond donors (Lipinski definition) is 1. The number of rotatable bonds is 2. The van der Waals surface area contributed by atoms with Crippen molar-refractivity contribution in [2.75, 3.05) is 13.7 Å². The van der Waals surface area contributed by atoms with Crippen molar-refractivity contribution in [1.82, 2.24) is 5.32 Å². The lowest BCUT2D eigenvalue weighted by Gasteiger charge is -2.20. The van der Waals surface area contributed by atoms with Crippen LogP contribution < -0.4 is 10.1 Å². The fourth-order valence-corrected chi connectivity index (χ4v) is 3.65. The SMILES string of the molecule is COc1ccc(-c2ccc3c(c2)C2C[C@H]3CCN2)cc1. The average molecular weight is 265 g/mol. The van der Waals surface area contributed by atoms with Crippen LogP contribution in [0.1, 0.15) is 35.9 Å². The van der Waals surface area contributed by atoms with Gasteiger partial charge < -0.3 is 10.1 Å². The molecule has 4 rings (SSSR count). The zero-order valence-electron chi connectivity index (χ0n) is 11.7. The van der Waals surface area contributed by atoms with Crippen molar-refractivity contribution in [2.24, 2.45) is 0 Å². The number of methoxy groups -OCH3 is 1. The standard InChI is InChI=1S/C18H19NO/c1-20-15-5-2-12(3-6-15)13-4-7-16-14-8-9-19-18(11-14)17(16)10-13/h2-7,10,14,18-19H,8-9,11H2,1H3/t14-,18?/m1/s1. The van der Waals surface area contributed by atoms with E-state index in [-0.39, 0.29) is 0 Å². The highest BCUT2D eigenvalue weighted by Gasteiger charge is 2.33. The molecule has 0 amide bonds. The largest absolute Gasteiger partial charge is 0.497 e. The van der Waals surface area contributed by atoms with E-state index in [2.05, 4.69) is 35.6 Å². The summed E-state index contributed by atoms with van der Waals surface area (Å²) >= 11 is 0. The third kappa shape index (κ3) is 1.83. The van der Waals surface area contributed by atoms with Gasteiger partial charge in [-0.1, -0.05) is 24.3 Å². The summed E-state index contributed by atoms with van der Waals surface area (Å²) in [7, 11) is 1.70. The van der Waals surface area contributed by atoms with Gasteiger partial charge >= 0.3 is 0 Å². The number of benzene rings is 2. The maximum Gasteiger partial charge on any atom is 0.118 e. The fourth-order valence-electron chi connectivity index (χ4n) is 3.65. The van der Waals surface area contributed by atoms with Crippen LogP contribution in [0.2, 0.25) is 0 Å². The summed E-state index contributed by atoms with van der Waals surface area (Å²) in [6.07, 6.45) is 2.56. The number of hydrogen-bond acceptors (Lipinski definition) is 2. The van der Waals surface area contributed by atoms with Gasteiger partial charge in [-0.15, -0.1) is 0 Å². The Bertz CT molecular complexity index is 632. The third-order valence-corrected chi connectivity index (χ3v) is 4.73. The van der Waals surface area contributed by atoms with Crippen LogP contribution in [0.25, 0.3) is 11.1 Å². The minimum Gasteiger partial charge on any atom is -0.497 e. The van der Waals surface area contributed by atoms with E-state index >= 15 is 0 Å². The van der Waals surface area contributed by atoms with Crippen molar-refractivity contribution in [3.05, 3.63) is 53.6 Å². The molecule has 2 aliphatic rings. The topological polar surface area (TPSA) is 21.3 Å². The molecule has 1 aliphatic carbocycles. The Morgan fingerprint density at radius 1 is 1.00 bits per heavy atom. The second-order valence-electron chi connectivity index (χ2n) is 5.80. The molecule has 2 aromatic carbocycles. The molecule has 1 heterocycles. The van der Waals surface area contributed by atoms with Crippen LogP contribution in [-0.2, 0) is 0 Å². The van der Waals surface area contributed by atoms with Crippen molar-refractivity contribution in [3.8, 4) is 16.9 Å². The second-order valence-corrected chi connectivity index (χ2v) is 5.80. The molecule has 1 aliphatic heterocycles. The smallest absolute Gasteiger partial charge is 0.118 e. The molecular weight excluding hydrogens is 246 g/mol. The summed E-state index contributed by atoms with van der Waals surface area (Å²) < 4.78 is 5.23. The Morgan fingerprint density at radius 3 is 2.60 bits per heavy atom. The van der Waals surface area contributed by atoms with Gasteiger partial charge in [0.2, 0.25) is 0 Å². The minimum absolute atomic E-state index is 0.571. The highest BCUT2D eigenvalue weighted by molar-refractivity contribution is 5.66. The molecule has 0 aromatic heterocycles. The van der Waals surface area contributed by atoms with Gasteiger partial charge in [0.05, 0.1) is 7.11 Å². The predicted octanol–water partition coefficient (Wildman–Crippen LogP) is 3.88. The van der Waals surface area contributed by atoms with E-state index in [1.165, 1.54) is 29.5 Å². The number of ether oxygens (including phenoxy) is 1. The Labute approximate surface area is 119 Å². The zero-order valence-corrected chi connectivity index (χ0v) is 11.7. The van der Waals surface area contributed by atoms with Crippen molar-refractivity contribution < 1.29 is 4.74 Å². The first-order chi connectivity index (χ1) is 9.85. The van der Waals surface area contributed by atoms with Gasteiger partial charge in [-0.3, -0.25) is 0 Å². The van der Waals surface area contributed by atoms with Crippen LogP contribution in [0.3, 0.4) is 0 Å². The van der Waals surface area contributed by atoms with E-state index < -0.39 is 0 Å². The van der Waals surface area contributed by atoms with Gasteiger partial charge in [-0.25, -0.2) is 0 Å². The van der Waals surface area contributed by atoms with Crippen LogP contribution in [0.15, 0.2) is 42.5 Å². The quantitative estimate of drug-likeness (QED) is 0.889. The van der Waals surface area contributed by atoms with Crippen molar-refractivity contribution >= 4 is 0 Å². The molecule has 102 valence electrons. The number of fused-ring (bicyclic) bond motifs is 5. The van der Waals surface area contributed by atoms with Gasteiger partial charge in [-0.05, 0) is 65.8 Å². The minimum atomic E-state index is 0.571. The second kappa shape index (κ2) is 4.64. The summed E-state index contributed by atoms with van der Waals surface area (Å²) in [5, 5.41) is 3.64. The van der Waals surface area contributed by atoms with E-state index in [1.807, 2.05) is 12.1 Å². The van der Waals surface area contributed by atoms with Crippen LogP contribution in [0.5, 0.6) is 5.75 Å². The molecular formula is C18H19NO. The number of nitrogens with one attached hydrogen (secondary N) is 1. The third-order valence-electron chi connectivity index (χ3n) is 4.73. The molecule has 1 fully saturated rings. The first kappa shape index (κ1) is 12.0. The van der Waals surface area contributed by atoms with Gasteiger partial charge in [0.25, 0.3) is 0 Å². The van der Waals surface area contributed by atoms with Crippen LogP contribution in [0.4, 0.5) is 0 Å². The molecule has 0 saturated carbocycles. The lowest BCUT2D eigenvalue weighted by molar-refractivity contribution is 0.410. The van der Waals surface area contributed by atoms with E-state index in [9.17, 15) is 0 Å². The molecule has 1 unspecified atom stereocenters. The molecule has 1 N–H and O–H groups in total. The number of piperidine rings is 1. The molecule has 2 atom stereocenters. The molecule has 0 radical (unpaired) electrons. The van der Waals surface area contributed by atoms with E-state index in [4.69, 9.17) is 4.74 Å². The molecule has 2 heteroatoms. The lowest BCUT2D eigenvalue weighted by atomic mass is 9.95. The Morgan fingerprint density at radius 2 is 1.80 bits per heavy atom. The predicted molar refractivity (Wildman–Crippen MR) is 81.1 cm³/mol. The summed E-state index contributed by atoms with van der Waals surface area (Å²) in [5.41, 5.74) is 5.65. The summed E-state index contributed by atoms with van der Waals surface area (Å²) in [6, 6.07) is 15.9. The highest BCUT2D eigenvalue weighted by Crippen LogP contribution is 2.45. The molecule has 2 nitrogen and oxygen atoms in total. The normalized spacial score (nSPS) is 23.4. The first-order valence-electron chi connectivity index (χ1n) is 7.37. The fraction of sp³-hybridized carbons (Fsp3) is 0.333. The lowest BCUT2D eigenvalue weighted by Crippen LogP contribution is -2.25. The van der Waals surface area contributed by atoms with Gasteiger partial charge in [0.15, 0.2) is 0 Å². The Hall–Kier alpha value is -1.80. The molecule has 20 heavy (non-hydrogen) atoms. The van der Waals surface area contributed by atoms with Crippen LogP contribution >= 0.6 is 0 Å². The van der Waals surface area contributed by atoms with Crippen molar-refractivity contribution in [3.63, 3.8) is 0 Å². The first-order valence-corrected chi connectivity index (χ1v) is 7.37. The monoisotopic (exact) mass is 265 g/mol. The Kier molecular flexibility index (Phi) is 2.78. The Balaban J connectivity index is 1.73. The molecule has 1 saturated heterocycles. The zero-order chi connectivity index (χ0) is 13.5. The van der Waals surface area contributed by atoms with Gasteiger partial charge in [-0.2, -0.15) is 0 Å².